The molecule has 5 heteroatoms. The van der Waals surface area contributed by atoms with Crippen LogP contribution >= 0.6 is 0 Å². The van der Waals surface area contributed by atoms with Gasteiger partial charge in [0, 0.05) is 5.56 Å². The Kier molecular flexibility index (Phi) is 2.59. The Hall–Kier alpha value is -2.30. The molecule has 0 aliphatic heterocycles. The molecule has 1 heterocycles. The average Bonchev–Trinajstić information content (AvgIpc) is 2.62. The molecule has 0 fully saturated rings. The molecule has 82 valence electrons. The molecule has 0 radical (unpaired) electrons. The molecule has 0 bridgehead atoms. The van der Waals surface area contributed by atoms with Crippen molar-refractivity contribution in [1.29, 1.82) is 0 Å². The van der Waals surface area contributed by atoms with E-state index in [0.717, 1.165) is 0 Å². The summed E-state index contributed by atoms with van der Waals surface area (Å²) in [7, 11) is 0. The van der Waals surface area contributed by atoms with Crippen molar-refractivity contribution in [3.8, 4) is 11.6 Å². The highest BCUT2D eigenvalue weighted by atomic mass is 16.5. The van der Waals surface area contributed by atoms with Crippen molar-refractivity contribution in [3.05, 3.63) is 41.6 Å². The number of hydrogen-bond donors (Lipinski definition) is 2. The van der Waals surface area contributed by atoms with Gasteiger partial charge in [-0.1, -0.05) is 18.2 Å². The van der Waals surface area contributed by atoms with Crippen molar-refractivity contribution in [1.82, 2.24) is 10.2 Å². The van der Waals surface area contributed by atoms with Crippen molar-refractivity contribution in [2.24, 2.45) is 0 Å². The number of nitrogens with zero attached hydrogens (tertiary/aromatic N) is 1. The van der Waals surface area contributed by atoms with Gasteiger partial charge in [-0.05, 0) is 19.1 Å². The second-order valence-corrected chi connectivity index (χ2v) is 3.25. The molecule has 0 atom stereocenters. The number of rotatable bonds is 3. The maximum atomic E-state index is 10.8. The van der Waals surface area contributed by atoms with Crippen LogP contribution in [0.1, 0.15) is 16.1 Å². The summed E-state index contributed by atoms with van der Waals surface area (Å²) in [5, 5.41) is 15.0. The molecule has 0 amide bonds. The minimum absolute atomic E-state index is 0.0472. The van der Waals surface area contributed by atoms with Crippen molar-refractivity contribution >= 4 is 5.97 Å². The van der Waals surface area contributed by atoms with Gasteiger partial charge in [0.15, 0.2) is 0 Å². The molecule has 2 rings (SSSR count). The molecule has 2 N–H and O–H groups in total. The molecule has 16 heavy (non-hydrogen) atoms. The van der Waals surface area contributed by atoms with Crippen molar-refractivity contribution in [3.63, 3.8) is 0 Å². The van der Waals surface area contributed by atoms with Gasteiger partial charge in [-0.2, -0.15) is 0 Å². The minimum Gasteiger partial charge on any atom is -0.477 e. The lowest BCUT2D eigenvalue weighted by Crippen LogP contribution is -1.98. The monoisotopic (exact) mass is 218 g/mol. The molecule has 0 saturated carbocycles. The zero-order valence-corrected chi connectivity index (χ0v) is 8.60. The maximum absolute atomic E-state index is 10.8. The van der Waals surface area contributed by atoms with Crippen LogP contribution in [0.5, 0.6) is 11.6 Å². The molecule has 0 unspecified atom stereocenters. The number of carboxylic acids is 1. The highest BCUT2D eigenvalue weighted by Gasteiger charge is 2.15. The lowest BCUT2D eigenvalue weighted by atomic mass is 10.3. The van der Waals surface area contributed by atoms with Gasteiger partial charge in [-0.15, -0.1) is 5.10 Å². The number of carbonyl (C=O) groups is 1. The summed E-state index contributed by atoms with van der Waals surface area (Å²) in [6.07, 6.45) is 0. The van der Waals surface area contributed by atoms with E-state index in [1.54, 1.807) is 19.1 Å². The molecule has 5 nitrogen and oxygen atoms in total. The molecular formula is C11H10N2O3. The van der Waals surface area contributed by atoms with Crippen molar-refractivity contribution in [2.45, 2.75) is 6.92 Å². The lowest BCUT2D eigenvalue weighted by molar-refractivity contribution is 0.0689. The quantitative estimate of drug-likeness (QED) is 0.828. The van der Waals surface area contributed by atoms with Crippen LogP contribution in [-0.2, 0) is 0 Å². The van der Waals surface area contributed by atoms with Crippen LogP contribution in [0.15, 0.2) is 30.3 Å². The summed E-state index contributed by atoms with van der Waals surface area (Å²) >= 11 is 0. The van der Waals surface area contributed by atoms with Crippen LogP contribution in [-0.4, -0.2) is 21.3 Å². The zero-order valence-electron chi connectivity index (χ0n) is 8.60. The van der Waals surface area contributed by atoms with Gasteiger partial charge in [0.25, 0.3) is 0 Å². The second kappa shape index (κ2) is 4.06. The van der Waals surface area contributed by atoms with Gasteiger partial charge < -0.3 is 9.84 Å². The van der Waals surface area contributed by atoms with Crippen LogP contribution in [0.25, 0.3) is 0 Å². The smallest absolute Gasteiger partial charge is 0.354 e. The summed E-state index contributed by atoms with van der Waals surface area (Å²) in [5.74, 6) is -0.148. The van der Waals surface area contributed by atoms with Gasteiger partial charge in [0.05, 0.1) is 0 Å². The fraction of sp³-hybridized carbons (Fsp3) is 0.0909. The van der Waals surface area contributed by atoms with E-state index >= 15 is 0 Å². The number of aromatic nitrogens is 2. The molecule has 1 aromatic carbocycles. The number of carboxylic acid groups (broad SMARTS) is 1. The topological polar surface area (TPSA) is 75.2 Å². The number of nitrogens with one attached hydrogen (secondary N) is 1. The first-order valence-electron chi connectivity index (χ1n) is 4.69. The highest BCUT2D eigenvalue weighted by molar-refractivity contribution is 5.87. The van der Waals surface area contributed by atoms with Gasteiger partial charge >= 0.3 is 5.97 Å². The molecular weight excluding hydrogens is 208 g/mol. The van der Waals surface area contributed by atoms with E-state index in [1.807, 2.05) is 18.2 Å². The Morgan fingerprint density at radius 2 is 2.06 bits per heavy atom. The van der Waals surface area contributed by atoms with Gasteiger partial charge in [0.2, 0.25) is 5.88 Å². The molecule has 0 aliphatic rings. The van der Waals surface area contributed by atoms with Gasteiger partial charge in [-0.3, -0.25) is 5.10 Å². The summed E-state index contributed by atoms with van der Waals surface area (Å²) in [5.41, 5.74) is 0.530. The third-order valence-corrected chi connectivity index (χ3v) is 2.14. The first kappa shape index (κ1) is 10.2. The number of aromatic carboxylic acids is 1. The largest absolute Gasteiger partial charge is 0.477 e. The van der Waals surface area contributed by atoms with Crippen LogP contribution in [0, 0.1) is 6.92 Å². The number of benzene rings is 1. The minimum atomic E-state index is -1.05. The molecule has 1 aromatic heterocycles. The molecule has 0 spiro atoms. The van der Waals surface area contributed by atoms with Crippen LogP contribution < -0.4 is 4.74 Å². The molecule has 0 aliphatic carbocycles. The summed E-state index contributed by atoms with van der Waals surface area (Å²) < 4.78 is 5.43. The number of ether oxygens (including phenoxy) is 1. The summed E-state index contributed by atoms with van der Waals surface area (Å²) in [4.78, 5) is 10.8. The SMILES string of the molecule is Cc1c(Oc2ccccc2)n[nH]c1C(=O)O. The molecule has 2 aromatic rings. The molecule has 0 saturated heterocycles. The normalized spacial score (nSPS) is 10.1. The second-order valence-electron chi connectivity index (χ2n) is 3.25. The Morgan fingerprint density at radius 1 is 1.38 bits per heavy atom. The van der Waals surface area contributed by atoms with Crippen LogP contribution in [0.4, 0.5) is 0 Å². The standard InChI is InChI=1S/C11H10N2O3/c1-7-9(11(14)15)12-13-10(7)16-8-5-3-2-4-6-8/h2-6H,1H3,(H,12,13)(H,14,15). The summed E-state index contributed by atoms with van der Waals surface area (Å²) in [6.45, 7) is 1.64. The zero-order chi connectivity index (χ0) is 11.5. The Bertz CT molecular complexity index is 505. The highest BCUT2D eigenvalue weighted by Crippen LogP contribution is 2.23. The summed E-state index contributed by atoms with van der Waals surface area (Å²) in [6, 6.07) is 9.07. The predicted octanol–water partition coefficient (Wildman–Crippen LogP) is 2.21. The van der Waals surface area contributed by atoms with Crippen LogP contribution in [0.3, 0.4) is 0 Å². The van der Waals surface area contributed by atoms with Crippen LogP contribution in [0.2, 0.25) is 0 Å². The van der Waals surface area contributed by atoms with E-state index < -0.39 is 5.97 Å². The lowest BCUT2D eigenvalue weighted by Gasteiger charge is -2.01. The third kappa shape index (κ3) is 1.88. The van der Waals surface area contributed by atoms with Gasteiger partial charge in [-0.25, -0.2) is 4.79 Å². The Morgan fingerprint density at radius 3 is 2.62 bits per heavy atom. The average molecular weight is 218 g/mol. The first-order chi connectivity index (χ1) is 7.68. The van der Waals surface area contributed by atoms with E-state index in [9.17, 15) is 4.79 Å². The number of para-hydroxylation sites is 1. The van der Waals surface area contributed by atoms with E-state index in [1.165, 1.54) is 0 Å². The predicted molar refractivity (Wildman–Crippen MR) is 56.8 cm³/mol. The van der Waals surface area contributed by atoms with Crippen molar-refractivity contribution in [2.75, 3.05) is 0 Å². The Balaban J connectivity index is 2.26. The number of hydrogen-bond acceptors (Lipinski definition) is 3. The Labute approximate surface area is 91.7 Å². The first-order valence-corrected chi connectivity index (χ1v) is 4.69. The van der Waals surface area contributed by atoms with Crippen molar-refractivity contribution < 1.29 is 14.6 Å². The number of aromatic amines is 1. The van der Waals surface area contributed by atoms with E-state index in [2.05, 4.69) is 10.2 Å². The van der Waals surface area contributed by atoms with E-state index in [0.29, 0.717) is 11.3 Å². The maximum Gasteiger partial charge on any atom is 0.354 e. The number of H-pyrrole nitrogens is 1. The fourth-order valence-corrected chi connectivity index (χ4v) is 1.29. The van der Waals surface area contributed by atoms with E-state index in [4.69, 9.17) is 9.84 Å². The fourth-order valence-electron chi connectivity index (χ4n) is 1.29. The van der Waals surface area contributed by atoms with E-state index in [-0.39, 0.29) is 11.6 Å². The third-order valence-electron chi connectivity index (χ3n) is 2.14. The van der Waals surface area contributed by atoms with Gasteiger partial charge in [0.1, 0.15) is 11.4 Å².